The van der Waals surface area contributed by atoms with E-state index in [-0.39, 0.29) is 34.0 Å². The van der Waals surface area contributed by atoms with Crippen LogP contribution in [0.4, 0.5) is 24.9 Å². The van der Waals surface area contributed by atoms with Gasteiger partial charge in [0.2, 0.25) is 5.95 Å². The van der Waals surface area contributed by atoms with Gasteiger partial charge in [0.05, 0.1) is 33.6 Å². The number of alkyl halides is 3. The molecule has 10 nitrogen and oxygen atoms in total. The van der Waals surface area contributed by atoms with E-state index in [9.17, 15) is 21.6 Å². The first-order valence-electron chi connectivity index (χ1n) is 12.6. The SMILES string of the molecule is CCS(=O)(=O)c1cccc(-c2ccc3nc(N[C@H](C)c4ccc(-n5cncn5)cc4)nc(NCC(F)(F)F)c3n2)c1. The molecule has 0 spiro atoms. The minimum atomic E-state index is -4.50. The van der Waals surface area contributed by atoms with Crippen LogP contribution in [0.25, 0.3) is 28.0 Å². The fourth-order valence-electron chi connectivity index (χ4n) is 4.10. The van der Waals surface area contributed by atoms with Crippen molar-refractivity contribution in [1.82, 2.24) is 29.7 Å². The molecular weight excluding hydrogens is 557 g/mol. The number of fused-ring (bicyclic) bond motifs is 1. The summed E-state index contributed by atoms with van der Waals surface area (Å²) in [5.74, 6) is -0.0652. The van der Waals surface area contributed by atoms with Gasteiger partial charge in [0.25, 0.3) is 0 Å². The fourth-order valence-corrected chi connectivity index (χ4v) is 5.02. The summed E-state index contributed by atoms with van der Waals surface area (Å²) in [4.78, 5) is 17.4. The molecule has 41 heavy (non-hydrogen) atoms. The van der Waals surface area contributed by atoms with Crippen molar-refractivity contribution in [3.8, 4) is 16.9 Å². The highest BCUT2D eigenvalue weighted by atomic mass is 32.2. The number of hydrogen-bond acceptors (Lipinski definition) is 9. The van der Waals surface area contributed by atoms with E-state index >= 15 is 0 Å². The van der Waals surface area contributed by atoms with Gasteiger partial charge in [0, 0.05) is 5.56 Å². The number of hydrogen-bond donors (Lipinski definition) is 2. The van der Waals surface area contributed by atoms with Gasteiger partial charge in [-0.1, -0.05) is 31.2 Å². The average molecular weight is 583 g/mol. The molecule has 5 aromatic rings. The largest absolute Gasteiger partial charge is 0.405 e. The number of nitrogens with zero attached hydrogens (tertiary/aromatic N) is 6. The van der Waals surface area contributed by atoms with Gasteiger partial charge in [-0.15, -0.1) is 0 Å². The Hall–Kier alpha value is -4.59. The van der Waals surface area contributed by atoms with Crippen LogP contribution in [0.2, 0.25) is 0 Å². The lowest BCUT2D eigenvalue weighted by atomic mass is 10.1. The Morgan fingerprint density at radius 1 is 1.00 bits per heavy atom. The molecule has 2 aromatic carbocycles. The van der Waals surface area contributed by atoms with Crippen molar-refractivity contribution in [2.75, 3.05) is 22.9 Å². The van der Waals surface area contributed by atoms with Crippen LogP contribution in [-0.4, -0.2) is 56.6 Å². The third-order valence-corrected chi connectivity index (χ3v) is 8.02. The molecule has 0 fully saturated rings. The number of nitrogens with one attached hydrogen (secondary N) is 2. The molecule has 0 aliphatic heterocycles. The van der Waals surface area contributed by atoms with Crippen molar-refractivity contribution >= 4 is 32.6 Å². The molecule has 0 saturated heterocycles. The second-order valence-electron chi connectivity index (χ2n) is 9.16. The van der Waals surface area contributed by atoms with Crippen LogP contribution in [0.15, 0.2) is 78.2 Å². The summed E-state index contributed by atoms with van der Waals surface area (Å²) in [5.41, 5.74) is 2.99. The van der Waals surface area contributed by atoms with Gasteiger partial charge in [-0.3, -0.25) is 0 Å². The van der Waals surface area contributed by atoms with E-state index in [0.29, 0.717) is 16.8 Å². The van der Waals surface area contributed by atoms with E-state index < -0.39 is 22.6 Å². The molecular formula is C27H25F3N8O2S. The molecule has 0 radical (unpaired) electrons. The molecule has 2 N–H and O–H groups in total. The first-order chi connectivity index (χ1) is 19.5. The molecule has 0 bridgehead atoms. The normalized spacial score (nSPS) is 12.8. The van der Waals surface area contributed by atoms with E-state index in [1.165, 1.54) is 18.5 Å². The summed E-state index contributed by atoms with van der Waals surface area (Å²) < 4.78 is 65.7. The van der Waals surface area contributed by atoms with Crippen LogP contribution in [0.5, 0.6) is 0 Å². The lowest BCUT2D eigenvalue weighted by Gasteiger charge is -2.17. The number of aromatic nitrogens is 6. The van der Waals surface area contributed by atoms with Crippen LogP contribution < -0.4 is 10.6 Å². The summed E-state index contributed by atoms with van der Waals surface area (Å²) in [6, 6.07) is 16.7. The summed E-state index contributed by atoms with van der Waals surface area (Å²) in [7, 11) is -3.46. The zero-order valence-corrected chi connectivity index (χ0v) is 22.8. The summed E-state index contributed by atoms with van der Waals surface area (Å²) >= 11 is 0. The van der Waals surface area contributed by atoms with Gasteiger partial charge >= 0.3 is 6.18 Å². The van der Waals surface area contributed by atoms with Gasteiger partial charge in [0.15, 0.2) is 15.7 Å². The van der Waals surface area contributed by atoms with E-state index in [4.69, 9.17) is 0 Å². The zero-order chi connectivity index (χ0) is 29.2. The predicted octanol–water partition coefficient (Wildman–Crippen LogP) is 5.21. The molecule has 0 unspecified atom stereocenters. The zero-order valence-electron chi connectivity index (χ0n) is 22.0. The molecule has 0 aliphatic rings. The maximum absolute atomic E-state index is 13.1. The fraction of sp³-hybridized carbons (Fsp3) is 0.222. The van der Waals surface area contributed by atoms with Gasteiger partial charge in [-0.25, -0.2) is 28.1 Å². The Morgan fingerprint density at radius 3 is 2.46 bits per heavy atom. The lowest BCUT2D eigenvalue weighted by molar-refractivity contribution is -0.115. The minimum absolute atomic E-state index is 0.0683. The minimum Gasteiger partial charge on any atom is -0.359 e. The van der Waals surface area contributed by atoms with Gasteiger partial charge in [0.1, 0.15) is 24.7 Å². The number of pyridine rings is 1. The average Bonchev–Trinajstić information content (AvgIpc) is 3.51. The predicted molar refractivity (Wildman–Crippen MR) is 148 cm³/mol. The number of benzene rings is 2. The third-order valence-electron chi connectivity index (χ3n) is 6.29. The molecule has 212 valence electrons. The van der Waals surface area contributed by atoms with E-state index in [1.807, 2.05) is 31.2 Å². The van der Waals surface area contributed by atoms with Gasteiger partial charge in [-0.2, -0.15) is 23.3 Å². The summed E-state index contributed by atoms with van der Waals surface area (Å²) in [6.07, 6.45) is -1.48. The van der Waals surface area contributed by atoms with Crippen molar-refractivity contribution < 1.29 is 21.6 Å². The number of anilines is 2. The van der Waals surface area contributed by atoms with Crippen LogP contribution in [0.1, 0.15) is 25.5 Å². The van der Waals surface area contributed by atoms with E-state index in [1.54, 1.807) is 42.2 Å². The molecule has 0 amide bonds. The second kappa shape index (κ2) is 11.1. The van der Waals surface area contributed by atoms with Crippen LogP contribution in [-0.2, 0) is 9.84 Å². The molecule has 3 aromatic heterocycles. The van der Waals surface area contributed by atoms with Crippen molar-refractivity contribution in [2.45, 2.75) is 31.0 Å². The molecule has 5 rings (SSSR count). The monoisotopic (exact) mass is 582 g/mol. The number of sulfone groups is 1. The summed E-state index contributed by atoms with van der Waals surface area (Å²) in [6.45, 7) is 2.10. The van der Waals surface area contributed by atoms with Gasteiger partial charge in [-0.05, 0) is 48.9 Å². The first kappa shape index (κ1) is 28.0. The van der Waals surface area contributed by atoms with E-state index in [0.717, 1.165) is 11.3 Å². The lowest BCUT2D eigenvalue weighted by Crippen LogP contribution is -2.22. The van der Waals surface area contributed by atoms with Crippen molar-refractivity contribution in [2.24, 2.45) is 0 Å². The Kier molecular flexibility index (Phi) is 7.58. The molecule has 3 heterocycles. The summed E-state index contributed by atoms with van der Waals surface area (Å²) in [5, 5.41) is 9.58. The van der Waals surface area contributed by atoms with Crippen LogP contribution >= 0.6 is 0 Å². The third kappa shape index (κ3) is 6.43. The highest BCUT2D eigenvalue weighted by Crippen LogP contribution is 2.29. The molecule has 0 aliphatic carbocycles. The maximum Gasteiger partial charge on any atom is 0.405 e. The van der Waals surface area contributed by atoms with Crippen LogP contribution in [0, 0.1) is 0 Å². The first-order valence-corrected chi connectivity index (χ1v) is 14.2. The second-order valence-corrected chi connectivity index (χ2v) is 11.4. The Labute approximate surface area is 233 Å². The highest BCUT2D eigenvalue weighted by Gasteiger charge is 2.28. The van der Waals surface area contributed by atoms with Crippen molar-refractivity contribution in [3.05, 3.63) is 78.9 Å². The van der Waals surface area contributed by atoms with Crippen molar-refractivity contribution in [3.63, 3.8) is 0 Å². The maximum atomic E-state index is 13.1. The molecule has 14 heteroatoms. The smallest absolute Gasteiger partial charge is 0.359 e. The standard InChI is InChI=1S/C27H25F3N8O2S/c1-3-41(39,40)21-6-4-5-19(13-21)22-11-12-23-24(35-22)25(32-14-27(28,29)30)37-26(36-23)34-17(2)18-7-9-20(10-8-18)38-16-31-15-33-38/h4-13,15-17H,3,14H2,1-2H3,(H2,32,34,36,37)/t17-/m1/s1. The van der Waals surface area contributed by atoms with E-state index in [2.05, 4.69) is 35.7 Å². The highest BCUT2D eigenvalue weighted by molar-refractivity contribution is 7.91. The quantitative estimate of drug-likeness (QED) is 0.241. The van der Waals surface area contributed by atoms with Crippen LogP contribution in [0.3, 0.4) is 0 Å². The van der Waals surface area contributed by atoms with Gasteiger partial charge < -0.3 is 10.6 Å². The van der Waals surface area contributed by atoms with Crippen molar-refractivity contribution in [1.29, 1.82) is 0 Å². The Morgan fingerprint density at radius 2 is 1.78 bits per heavy atom. The number of rotatable bonds is 9. The molecule has 1 atom stereocenters. The molecule has 0 saturated carbocycles. The topological polar surface area (TPSA) is 128 Å². The Balaban J connectivity index is 1.48. The Bertz CT molecular complexity index is 1780. The number of halogens is 3.